The molecular formula is C21H32N2O2. The van der Waals surface area contributed by atoms with E-state index in [1.165, 1.54) is 76.2 Å². The topological polar surface area (TPSA) is 36.3 Å². The van der Waals surface area contributed by atoms with Crippen LogP contribution in [0.2, 0.25) is 0 Å². The van der Waals surface area contributed by atoms with Gasteiger partial charge in [0.2, 0.25) is 0 Å². The number of rotatable bonds is 5. The van der Waals surface area contributed by atoms with E-state index in [-0.39, 0.29) is 5.60 Å². The van der Waals surface area contributed by atoms with Crippen molar-refractivity contribution in [3.8, 4) is 0 Å². The first-order valence-corrected chi connectivity index (χ1v) is 10.5. The van der Waals surface area contributed by atoms with Crippen LogP contribution >= 0.6 is 0 Å². The predicted molar refractivity (Wildman–Crippen MR) is 96.2 cm³/mol. The Kier molecular flexibility index (Phi) is 4.07. The van der Waals surface area contributed by atoms with Gasteiger partial charge in [0.25, 0.3) is 0 Å². The Morgan fingerprint density at radius 1 is 1.04 bits per heavy atom. The smallest absolute Gasteiger partial charge is 0.106 e. The summed E-state index contributed by atoms with van der Waals surface area (Å²) in [5, 5.41) is 4.69. The minimum Gasteiger partial charge on any atom is -0.400 e. The van der Waals surface area contributed by atoms with Gasteiger partial charge in [0.15, 0.2) is 0 Å². The third-order valence-corrected chi connectivity index (χ3v) is 7.53. The summed E-state index contributed by atoms with van der Waals surface area (Å²) >= 11 is 0. The maximum atomic E-state index is 6.69. The monoisotopic (exact) mass is 344 g/mol. The Balaban J connectivity index is 1.33. The van der Waals surface area contributed by atoms with Crippen molar-refractivity contribution >= 4 is 0 Å². The summed E-state index contributed by atoms with van der Waals surface area (Å²) in [6, 6.07) is 0. The largest absolute Gasteiger partial charge is 0.400 e. The van der Waals surface area contributed by atoms with E-state index >= 15 is 0 Å². The first-order chi connectivity index (χ1) is 12.2. The van der Waals surface area contributed by atoms with E-state index in [2.05, 4.69) is 6.20 Å². The fraction of sp³-hybridized carbons (Fsp3) is 0.857. The number of hydrogen-bond acceptors (Lipinski definition) is 3. The Labute approximate surface area is 151 Å². The van der Waals surface area contributed by atoms with Gasteiger partial charge in [0.05, 0.1) is 24.1 Å². The molecule has 1 aromatic rings. The molecule has 0 unspecified atom stereocenters. The zero-order valence-corrected chi connectivity index (χ0v) is 15.6. The molecule has 1 heterocycles. The first kappa shape index (κ1) is 16.2. The fourth-order valence-corrected chi connectivity index (χ4v) is 6.79. The lowest BCUT2D eigenvalue weighted by Crippen LogP contribution is -2.51. The molecule has 4 bridgehead atoms. The first-order valence-electron chi connectivity index (χ1n) is 10.5. The van der Waals surface area contributed by atoms with Gasteiger partial charge >= 0.3 is 0 Å². The van der Waals surface area contributed by atoms with Crippen LogP contribution in [0.1, 0.15) is 87.8 Å². The molecule has 6 rings (SSSR count). The van der Waals surface area contributed by atoms with E-state index in [4.69, 9.17) is 14.7 Å². The van der Waals surface area contributed by atoms with Gasteiger partial charge in [-0.15, -0.1) is 9.94 Å². The van der Waals surface area contributed by atoms with Crippen LogP contribution in [0.3, 0.4) is 0 Å². The molecule has 0 aromatic carbocycles. The molecule has 4 nitrogen and oxygen atoms in total. The highest BCUT2D eigenvalue weighted by atomic mass is 16.7. The number of nitrogens with zero attached hydrogens (tertiary/aromatic N) is 2. The van der Waals surface area contributed by atoms with Crippen LogP contribution in [-0.2, 0) is 11.3 Å². The molecule has 0 N–H and O–H groups in total. The SMILES string of the molecule is COn1cc(C2CCCCC2)c(COC23CC4CC(CC(C4)C2)C3)n1. The van der Waals surface area contributed by atoms with E-state index in [0.29, 0.717) is 12.5 Å². The predicted octanol–water partition coefficient (Wildman–Crippen LogP) is 4.47. The summed E-state index contributed by atoms with van der Waals surface area (Å²) in [5.41, 5.74) is 2.67. The molecule has 5 fully saturated rings. The summed E-state index contributed by atoms with van der Waals surface area (Å²) in [6.07, 6.45) is 17.0. The second-order valence-corrected chi connectivity index (χ2v) is 9.34. The quantitative estimate of drug-likeness (QED) is 0.790. The summed E-state index contributed by atoms with van der Waals surface area (Å²) < 4.78 is 6.69. The summed E-state index contributed by atoms with van der Waals surface area (Å²) in [7, 11) is 1.70. The van der Waals surface area contributed by atoms with Crippen LogP contribution in [0.15, 0.2) is 6.20 Å². The second kappa shape index (κ2) is 6.29. The third-order valence-electron chi connectivity index (χ3n) is 7.53. The average Bonchev–Trinajstić information content (AvgIpc) is 3.03. The number of ether oxygens (including phenoxy) is 1. The average molecular weight is 344 g/mol. The van der Waals surface area contributed by atoms with Gasteiger partial charge in [0, 0.05) is 5.56 Å². The second-order valence-electron chi connectivity index (χ2n) is 9.34. The maximum Gasteiger partial charge on any atom is 0.106 e. The van der Waals surface area contributed by atoms with Crippen molar-refractivity contribution in [1.82, 2.24) is 9.94 Å². The van der Waals surface area contributed by atoms with Crippen LogP contribution in [0, 0.1) is 17.8 Å². The number of hydrogen-bond donors (Lipinski definition) is 0. The third kappa shape index (κ3) is 3.01. The van der Waals surface area contributed by atoms with Gasteiger partial charge < -0.3 is 9.57 Å². The molecule has 5 aliphatic rings. The molecule has 0 atom stereocenters. The zero-order chi connectivity index (χ0) is 16.9. The summed E-state index contributed by atoms with van der Waals surface area (Å²) in [6.45, 7) is 0.675. The Bertz CT molecular complexity index is 582. The van der Waals surface area contributed by atoms with Gasteiger partial charge in [-0.2, -0.15) is 0 Å². The van der Waals surface area contributed by atoms with Gasteiger partial charge in [-0.3, -0.25) is 0 Å². The molecule has 5 aliphatic carbocycles. The molecule has 0 aliphatic heterocycles. The van der Waals surface area contributed by atoms with E-state index < -0.39 is 0 Å². The molecule has 1 aromatic heterocycles. The van der Waals surface area contributed by atoms with Gasteiger partial charge in [-0.25, -0.2) is 0 Å². The molecule has 138 valence electrons. The fourth-order valence-electron chi connectivity index (χ4n) is 6.79. The Morgan fingerprint density at radius 3 is 2.28 bits per heavy atom. The van der Waals surface area contributed by atoms with E-state index in [1.807, 2.05) is 0 Å². The summed E-state index contributed by atoms with van der Waals surface area (Å²) in [4.78, 5) is 7.01. The van der Waals surface area contributed by atoms with Gasteiger partial charge in [-0.05, 0) is 75.0 Å². The molecular weight excluding hydrogens is 312 g/mol. The van der Waals surface area contributed by atoms with Crippen molar-refractivity contribution in [1.29, 1.82) is 0 Å². The molecule has 0 saturated heterocycles. The normalized spacial score (nSPS) is 37.6. The van der Waals surface area contributed by atoms with Crippen LogP contribution in [0.4, 0.5) is 0 Å². The molecule has 25 heavy (non-hydrogen) atoms. The van der Waals surface area contributed by atoms with E-state index in [1.54, 1.807) is 12.0 Å². The lowest BCUT2D eigenvalue weighted by Gasteiger charge is -2.56. The van der Waals surface area contributed by atoms with Crippen LogP contribution in [0.5, 0.6) is 0 Å². The Hall–Kier alpha value is -1.03. The van der Waals surface area contributed by atoms with Crippen LogP contribution in [-0.4, -0.2) is 22.7 Å². The van der Waals surface area contributed by atoms with Gasteiger partial charge in [-0.1, -0.05) is 19.3 Å². The van der Waals surface area contributed by atoms with Crippen LogP contribution in [0.25, 0.3) is 0 Å². The lowest BCUT2D eigenvalue weighted by atomic mass is 9.54. The van der Waals surface area contributed by atoms with Crippen molar-refractivity contribution in [3.05, 3.63) is 17.5 Å². The zero-order valence-electron chi connectivity index (χ0n) is 15.6. The molecule has 4 heteroatoms. The standard InChI is InChI=1S/C21H32N2O2/c1-24-23-13-19(18-5-3-2-4-6-18)20(22-23)14-25-21-10-15-7-16(11-21)9-17(8-15)12-21/h13,15-18H,2-12,14H2,1H3. The highest BCUT2D eigenvalue weighted by Gasteiger charge is 2.51. The van der Waals surface area contributed by atoms with Crippen LogP contribution < -0.4 is 4.84 Å². The highest BCUT2D eigenvalue weighted by Crippen LogP contribution is 2.57. The van der Waals surface area contributed by atoms with Crippen molar-refractivity contribution < 1.29 is 9.57 Å². The maximum absolute atomic E-state index is 6.69. The van der Waals surface area contributed by atoms with E-state index in [0.717, 1.165) is 23.4 Å². The van der Waals surface area contributed by atoms with Crippen molar-refractivity contribution in [3.63, 3.8) is 0 Å². The van der Waals surface area contributed by atoms with Crippen molar-refractivity contribution in [2.75, 3.05) is 7.11 Å². The molecule has 5 saturated carbocycles. The minimum atomic E-state index is 0.162. The molecule has 0 spiro atoms. The Morgan fingerprint density at radius 2 is 1.68 bits per heavy atom. The highest BCUT2D eigenvalue weighted by molar-refractivity contribution is 5.22. The van der Waals surface area contributed by atoms with Crippen molar-refractivity contribution in [2.45, 2.75) is 88.8 Å². The molecule has 0 amide bonds. The lowest BCUT2D eigenvalue weighted by molar-refractivity contribution is -0.169. The number of aromatic nitrogens is 2. The summed E-state index contributed by atoms with van der Waals surface area (Å²) in [5.74, 6) is 3.44. The minimum absolute atomic E-state index is 0.162. The van der Waals surface area contributed by atoms with Gasteiger partial charge in [0.1, 0.15) is 7.11 Å². The van der Waals surface area contributed by atoms with Crippen molar-refractivity contribution in [2.24, 2.45) is 17.8 Å². The molecule has 0 radical (unpaired) electrons. The van der Waals surface area contributed by atoms with E-state index in [9.17, 15) is 0 Å².